The molecule has 3 nitrogen and oxygen atoms in total. The van der Waals surface area contributed by atoms with Crippen molar-refractivity contribution < 1.29 is 18.0 Å². The fourth-order valence-corrected chi connectivity index (χ4v) is 3.08. The number of halogens is 3. The number of aromatic nitrogens is 1. The summed E-state index contributed by atoms with van der Waals surface area (Å²) in [7, 11) is 1.49. The summed E-state index contributed by atoms with van der Waals surface area (Å²) in [6, 6.07) is 5.06. The first-order valence-corrected chi connectivity index (χ1v) is 8.33. The van der Waals surface area contributed by atoms with Gasteiger partial charge in [-0.2, -0.15) is 13.2 Å². The Balaban J connectivity index is 2.67. The Morgan fingerprint density at radius 2 is 1.76 bits per heavy atom. The second kappa shape index (κ2) is 6.63. The Morgan fingerprint density at radius 1 is 1.16 bits per heavy atom. The van der Waals surface area contributed by atoms with E-state index in [1.165, 1.54) is 42.0 Å². The zero-order chi connectivity index (χ0) is 19.0. The standard InChI is InChI=1S/C18H18F3NO2S/c1-17(2,3)14(23)10-15-22(4)16(24)13(25-15)9-11-7-5-6-8-12(11)18(19,20)21/h5-10H,1-4H3/b13-9-,15-10+. The van der Waals surface area contributed by atoms with Crippen molar-refractivity contribution in [3.05, 3.63) is 54.9 Å². The Labute approximate surface area is 146 Å². The highest BCUT2D eigenvalue weighted by molar-refractivity contribution is 7.07. The van der Waals surface area contributed by atoms with E-state index < -0.39 is 22.7 Å². The van der Waals surface area contributed by atoms with E-state index in [0.29, 0.717) is 4.66 Å². The molecular formula is C18H18F3NO2S. The Hall–Kier alpha value is -2.15. The first kappa shape index (κ1) is 19.2. The van der Waals surface area contributed by atoms with Crippen LogP contribution in [0.25, 0.3) is 12.2 Å². The molecule has 2 rings (SSSR count). The highest BCUT2D eigenvalue weighted by atomic mass is 32.1. The molecule has 0 aliphatic carbocycles. The third-order valence-electron chi connectivity index (χ3n) is 3.61. The van der Waals surface area contributed by atoms with Crippen LogP contribution in [-0.2, 0) is 18.0 Å². The fourth-order valence-electron chi connectivity index (χ4n) is 2.06. The van der Waals surface area contributed by atoms with Crippen LogP contribution in [0.2, 0.25) is 0 Å². The van der Waals surface area contributed by atoms with Crippen molar-refractivity contribution in [2.24, 2.45) is 12.5 Å². The van der Waals surface area contributed by atoms with Crippen LogP contribution < -0.4 is 14.8 Å². The van der Waals surface area contributed by atoms with Crippen LogP contribution in [0.3, 0.4) is 0 Å². The van der Waals surface area contributed by atoms with Gasteiger partial charge in [0.25, 0.3) is 5.56 Å². The first-order valence-electron chi connectivity index (χ1n) is 7.51. The zero-order valence-electron chi connectivity index (χ0n) is 14.3. The SMILES string of the molecule is Cn1c(=O)/c(=C/c2ccccc2C(F)(F)F)s/c1=C/C(=O)C(C)(C)C. The molecule has 0 bridgehead atoms. The van der Waals surface area contributed by atoms with Crippen molar-refractivity contribution in [2.45, 2.75) is 26.9 Å². The van der Waals surface area contributed by atoms with E-state index >= 15 is 0 Å². The molecule has 25 heavy (non-hydrogen) atoms. The third kappa shape index (κ3) is 4.28. The number of hydrogen-bond acceptors (Lipinski definition) is 3. The van der Waals surface area contributed by atoms with Gasteiger partial charge in [-0.3, -0.25) is 9.59 Å². The van der Waals surface area contributed by atoms with Crippen LogP contribution in [0.1, 0.15) is 31.9 Å². The number of nitrogens with zero attached hydrogens (tertiary/aromatic N) is 1. The van der Waals surface area contributed by atoms with Gasteiger partial charge in [-0.1, -0.05) is 39.0 Å². The number of benzene rings is 1. The molecule has 1 aromatic carbocycles. The Kier molecular flexibility index (Phi) is 5.09. The summed E-state index contributed by atoms with van der Waals surface area (Å²) in [5.74, 6) is -0.161. The fraction of sp³-hybridized carbons (Fsp3) is 0.333. The number of carbonyl (C=O) groups excluding carboxylic acids is 1. The summed E-state index contributed by atoms with van der Waals surface area (Å²) in [5.41, 5.74) is -1.92. The molecule has 134 valence electrons. The van der Waals surface area contributed by atoms with E-state index in [2.05, 4.69) is 0 Å². The van der Waals surface area contributed by atoms with Crippen molar-refractivity contribution in [3.63, 3.8) is 0 Å². The minimum absolute atomic E-state index is 0.0809. The number of rotatable bonds is 2. The Bertz CT molecular complexity index is 975. The average Bonchev–Trinajstić information content (AvgIpc) is 2.74. The molecule has 0 fully saturated rings. The summed E-state index contributed by atoms with van der Waals surface area (Å²) >= 11 is 0.996. The predicted molar refractivity (Wildman–Crippen MR) is 92.7 cm³/mol. The molecule has 0 aliphatic rings. The molecule has 0 atom stereocenters. The van der Waals surface area contributed by atoms with E-state index in [4.69, 9.17) is 0 Å². The van der Waals surface area contributed by atoms with Gasteiger partial charge in [0.1, 0.15) is 4.66 Å². The van der Waals surface area contributed by atoms with Crippen LogP contribution in [0, 0.1) is 5.41 Å². The third-order valence-corrected chi connectivity index (χ3v) is 4.72. The maximum atomic E-state index is 13.1. The van der Waals surface area contributed by atoms with Gasteiger partial charge in [-0.25, -0.2) is 0 Å². The van der Waals surface area contributed by atoms with Crippen LogP contribution in [0.15, 0.2) is 29.1 Å². The first-order chi connectivity index (χ1) is 11.4. The summed E-state index contributed by atoms with van der Waals surface area (Å²) in [5, 5.41) is 0. The summed E-state index contributed by atoms with van der Waals surface area (Å²) in [6.45, 7) is 5.26. The number of thiazole rings is 1. The van der Waals surface area contributed by atoms with Gasteiger partial charge < -0.3 is 4.57 Å². The normalized spacial score (nSPS) is 14.2. The smallest absolute Gasteiger partial charge is 0.302 e. The molecule has 0 saturated heterocycles. The van der Waals surface area contributed by atoms with Gasteiger partial charge >= 0.3 is 6.18 Å². The molecule has 0 radical (unpaired) electrons. The van der Waals surface area contributed by atoms with Crippen LogP contribution >= 0.6 is 11.3 Å². The Morgan fingerprint density at radius 3 is 2.32 bits per heavy atom. The van der Waals surface area contributed by atoms with Crippen molar-refractivity contribution in [2.75, 3.05) is 0 Å². The van der Waals surface area contributed by atoms with E-state index in [-0.39, 0.29) is 15.9 Å². The molecule has 0 amide bonds. The van der Waals surface area contributed by atoms with Crippen LogP contribution in [0.5, 0.6) is 0 Å². The number of alkyl halides is 3. The van der Waals surface area contributed by atoms with Gasteiger partial charge in [-0.05, 0) is 17.7 Å². The van der Waals surface area contributed by atoms with Gasteiger partial charge in [0.05, 0.1) is 10.1 Å². The zero-order valence-corrected chi connectivity index (χ0v) is 15.1. The van der Waals surface area contributed by atoms with Crippen molar-refractivity contribution in [1.29, 1.82) is 0 Å². The molecule has 1 aromatic heterocycles. The second-order valence-electron chi connectivity index (χ2n) is 6.66. The minimum atomic E-state index is -4.51. The molecule has 7 heteroatoms. The molecular weight excluding hydrogens is 351 g/mol. The average molecular weight is 369 g/mol. The lowest BCUT2D eigenvalue weighted by atomic mass is 9.91. The van der Waals surface area contributed by atoms with Crippen molar-refractivity contribution >= 4 is 29.3 Å². The van der Waals surface area contributed by atoms with Crippen LogP contribution in [0.4, 0.5) is 13.2 Å². The molecule has 2 aromatic rings. The van der Waals surface area contributed by atoms with E-state index in [1.54, 1.807) is 20.8 Å². The quantitative estimate of drug-likeness (QED) is 0.817. The van der Waals surface area contributed by atoms with Crippen molar-refractivity contribution in [1.82, 2.24) is 4.57 Å². The molecule has 0 unspecified atom stereocenters. The number of hydrogen-bond donors (Lipinski definition) is 0. The number of ketones is 1. The van der Waals surface area contributed by atoms with Crippen LogP contribution in [-0.4, -0.2) is 10.4 Å². The maximum absolute atomic E-state index is 13.1. The number of Topliss-reactive ketones (excluding diaryl/α,β-unsaturated/α-hetero) is 1. The molecule has 0 saturated carbocycles. The maximum Gasteiger partial charge on any atom is 0.416 e. The lowest BCUT2D eigenvalue weighted by Gasteiger charge is -2.12. The molecule has 1 heterocycles. The van der Waals surface area contributed by atoms with Gasteiger partial charge in [0.15, 0.2) is 5.78 Å². The largest absolute Gasteiger partial charge is 0.416 e. The minimum Gasteiger partial charge on any atom is -0.302 e. The van der Waals surface area contributed by atoms with Gasteiger partial charge in [0.2, 0.25) is 0 Å². The highest BCUT2D eigenvalue weighted by Crippen LogP contribution is 2.32. The molecule has 0 aliphatic heterocycles. The van der Waals surface area contributed by atoms with Gasteiger partial charge in [-0.15, -0.1) is 11.3 Å². The predicted octanol–water partition coefficient (Wildman–Crippen LogP) is 2.69. The second-order valence-corrected chi connectivity index (χ2v) is 7.72. The summed E-state index contributed by atoms with van der Waals surface area (Å²) < 4.78 is 41.1. The van der Waals surface area contributed by atoms with E-state index in [0.717, 1.165) is 17.4 Å². The molecule has 0 spiro atoms. The van der Waals surface area contributed by atoms with Gasteiger partial charge in [0, 0.05) is 18.5 Å². The number of carbonyl (C=O) groups is 1. The topological polar surface area (TPSA) is 39.1 Å². The van der Waals surface area contributed by atoms with E-state index in [1.807, 2.05) is 0 Å². The van der Waals surface area contributed by atoms with E-state index in [9.17, 15) is 22.8 Å². The lowest BCUT2D eigenvalue weighted by molar-refractivity contribution is -0.137. The monoisotopic (exact) mass is 369 g/mol. The summed E-state index contributed by atoms with van der Waals surface area (Å²) in [6.07, 6.45) is -1.93. The lowest BCUT2D eigenvalue weighted by Crippen LogP contribution is -2.30. The summed E-state index contributed by atoms with van der Waals surface area (Å²) in [4.78, 5) is 24.4. The van der Waals surface area contributed by atoms with Crippen molar-refractivity contribution in [3.8, 4) is 0 Å². The highest BCUT2D eigenvalue weighted by Gasteiger charge is 2.32. The molecule has 0 N–H and O–H groups in total.